The van der Waals surface area contributed by atoms with Gasteiger partial charge in [0, 0.05) is 12.1 Å². The zero-order valence-electron chi connectivity index (χ0n) is 18.4. The summed E-state index contributed by atoms with van der Waals surface area (Å²) in [5.74, 6) is 0.484. The van der Waals surface area contributed by atoms with E-state index in [1.54, 1.807) is 37.3 Å². The van der Waals surface area contributed by atoms with Gasteiger partial charge in [0.05, 0.1) is 34.0 Å². The molecule has 4 rings (SSSR count). The number of rotatable bonds is 7. The smallest absolute Gasteiger partial charge is 0.280 e. The molecule has 172 valence electrons. The summed E-state index contributed by atoms with van der Waals surface area (Å²) in [6, 6.07) is 18.6. The summed E-state index contributed by atoms with van der Waals surface area (Å²) in [6.07, 6.45) is 1.71. The number of nitrogens with zero attached hydrogens (tertiary/aromatic N) is 3. The number of hydrogen-bond acceptors (Lipinski definition) is 6. The van der Waals surface area contributed by atoms with Crippen molar-refractivity contribution in [1.29, 1.82) is 0 Å². The number of hydrazone groups is 1. The maximum atomic E-state index is 13.0. The van der Waals surface area contributed by atoms with Crippen LogP contribution >= 0.6 is 11.6 Å². The van der Waals surface area contributed by atoms with Gasteiger partial charge in [0.15, 0.2) is 11.5 Å². The van der Waals surface area contributed by atoms with Crippen LogP contribution in [0.2, 0.25) is 5.02 Å². The molecule has 1 amide bonds. The van der Waals surface area contributed by atoms with Gasteiger partial charge in [-0.2, -0.15) is 10.1 Å². The predicted octanol–water partition coefficient (Wildman–Crippen LogP) is 5.64. The number of anilines is 1. The number of methoxy groups -OCH3 is 1. The van der Waals surface area contributed by atoms with Crippen LogP contribution in [0.5, 0.6) is 11.5 Å². The van der Waals surface area contributed by atoms with Gasteiger partial charge in [-0.1, -0.05) is 29.8 Å². The van der Waals surface area contributed by atoms with Gasteiger partial charge in [0.1, 0.15) is 6.61 Å². The quantitative estimate of drug-likeness (QED) is 0.249. The molecule has 1 heterocycles. The lowest BCUT2D eigenvalue weighted by Crippen LogP contribution is -2.21. The average molecular weight is 478 g/mol. The van der Waals surface area contributed by atoms with Crippen LogP contribution in [0.4, 0.5) is 11.4 Å². The summed E-state index contributed by atoms with van der Waals surface area (Å²) >= 11 is 6.48. The van der Waals surface area contributed by atoms with Crippen LogP contribution in [0, 0.1) is 10.1 Å². The molecular formula is C25H20ClN3O5. The van der Waals surface area contributed by atoms with Crippen LogP contribution in [-0.2, 0) is 11.4 Å². The van der Waals surface area contributed by atoms with Crippen molar-refractivity contribution in [2.45, 2.75) is 13.5 Å². The van der Waals surface area contributed by atoms with Gasteiger partial charge in [-0.05, 0) is 60.5 Å². The Kier molecular flexibility index (Phi) is 6.60. The van der Waals surface area contributed by atoms with E-state index in [0.717, 1.165) is 5.56 Å². The lowest BCUT2D eigenvalue weighted by Gasteiger charge is -2.14. The molecule has 0 unspecified atom stereocenters. The standard InChI is InChI=1S/C25H20ClN3O5/c1-16-21(25(30)28(27-16)19-6-4-3-5-7-19)12-18-13-22(26)24(23(14-18)33-2)34-15-17-8-10-20(11-9-17)29(31)32/h3-14H,15H2,1-2H3/b21-12+. The lowest BCUT2D eigenvalue weighted by molar-refractivity contribution is -0.384. The second-order valence-corrected chi connectivity index (χ2v) is 7.85. The first kappa shape index (κ1) is 23.0. The monoisotopic (exact) mass is 477 g/mol. The van der Waals surface area contributed by atoms with Crippen LogP contribution in [0.25, 0.3) is 6.08 Å². The fourth-order valence-electron chi connectivity index (χ4n) is 3.43. The predicted molar refractivity (Wildman–Crippen MR) is 130 cm³/mol. The Bertz CT molecular complexity index is 1300. The summed E-state index contributed by atoms with van der Waals surface area (Å²) in [5.41, 5.74) is 3.10. The van der Waals surface area contributed by atoms with E-state index in [0.29, 0.717) is 39.1 Å². The molecule has 0 aromatic heterocycles. The highest BCUT2D eigenvalue weighted by Crippen LogP contribution is 2.38. The van der Waals surface area contributed by atoms with Crippen LogP contribution in [0.1, 0.15) is 18.1 Å². The third-order valence-electron chi connectivity index (χ3n) is 5.16. The van der Waals surface area contributed by atoms with E-state index in [2.05, 4.69) is 5.10 Å². The number of nitro benzene ring substituents is 1. The maximum Gasteiger partial charge on any atom is 0.280 e. The van der Waals surface area contributed by atoms with Crippen LogP contribution in [-0.4, -0.2) is 23.7 Å². The van der Waals surface area contributed by atoms with Crippen LogP contribution in [0.15, 0.2) is 77.4 Å². The van der Waals surface area contributed by atoms with E-state index in [1.165, 1.54) is 24.3 Å². The van der Waals surface area contributed by atoms with Crippen molar-refractivity contribution in [1.82, 2.24) is 0 Å². The van der Waals surface area contributed by atoms with E-state index in [4.69, 9.17) is 21.1 Å². The number of hydrogen-bond donors (Lipinski definition) is 0. The second kappa shape index (κ2) is 9.76. The van der Waals surface area contributed by atoms with E-state index < -0.39 is 4.92 Å². The van der Waals surface area contributed by atoms with E-state index >= 15 is 0 Å². The molecule has 1 aliphatic rings. The molecule has 0 N–H and O–H groups in total. The maximum absolute atomic E-state index is 13.0. The molecule has 0 aliphatic carbocycles. The molecule has 1 aliphatic heterocycles. The molecule has 34 heavy (non-hydrogen) atoms. The third kappa shape index (κ3) is 4.77. The molecule has 0 spiro atoms. The van der Waals surface area contributed by atoms with Gasteiger partial charge >= 0.3 is 0 Å². The zero-order valence-corrected chi connectivity index (χ0v) is 19.2. The Balaban J connectivity index is 1.56. The molecule has 0 radical (unpaired) electrons. The van der Waals surface area contributed by atoms with Gasteiger partial charge in [0.25, 0.3) is 11.6 Å². The van der Waals surface area contributed by atoms with Crippen molar-refractivity contribution in [2.75, 3.05) is 12.1 Å². The lowest BCUT2D eigenvalue weighted by atomic mass is 10.1. The van der Waals surface area contributed by atoms with Crippen molar-refractivity contribution in [3.63, 3.8) is 0 Å². The minimum Gasteiger partial charge on any atom is -0.493 e. The van der Waals surface area contributed by atoms with Crippen molar-refractivity contribution >= 4 is 40.7 Å². The topological polar surface area (TPSA) is 94.3 Å². The number of non-ortho nitro benzene ring substituents is 1. The molecule has 3 aromatic carbocycles. The number of benzene rings is 3. The highest BCUT2D eigenvalue weighted by Gasteiger charge is 2.28. The summed E-state index contributed by atoms with van der Waals surface area (Å²) < 4.78 is 11.3. The molecule has 0 fully saturated rings. The highest BCUT2D eigenvalue weighted by atomic mass is 35.5. The number of carbonyl (C=O) groups excluding carboxylic acids is 1. The molecule has 0 bridgehead atoms. The number of para-hydroxylation sites is 1. The van der Waals surface area contributed by atoms with Crippen molar-refractivity contribution in [3.8, 4) is 11.5 Å². The zero-order chi connectivity index (χ0) is 24.2. The molecule has 8 nitrogen and oxygen atoms in total. The SMILES string of the molecule is COc1cc(/C=C2/C(=O)N(c3ccccc3)N=C2C)cc(Cl)c1OCc1ccc([N+](=O)[O-])cc1. The molecule has 3 aromatic rings. The Morgan fingerprint density at radius 1 is 1.12 bits per heavy atom. The number of carbonyl (C=O) groups is 1. The van der Waals surface area contributed by atoms with Gasteiger partial charge in [0.2, 0.25) is 0 Å². The Hall–Kier alpha value is -4.17. The van der Waals surface area contributed by atoms with Crippen LogP contribution < -0.4 is 14.5 Å². The number of amides is 1. The molecule has 0 saturated heterocycles. The minimum atomic E-state index is -0.460. The second-order valence-electron chi connectivity index (χ2n) is 7.44. The average Bonchev–Trinajstić information content (AvgIpc) is 3.12. The van der Waals surface area contributed by atoms with Gasteiger partial charge in [-0.25, -0.2) is 0 Å². The van der Waals surface area contributed by atoms with E-state index in [9.17, 15) is 14.9 Å². The first-order valence-corrected chi connectivity index (χ1v) is 10.7. The first-order valence-electron chi connectivity index (χ1n) is 10.3. The summed E-state index contributed by atoms with van der Waals surface area (Å²) in [4.78, 5) is 23.3. The van der Waals surface area contributed by atoms with Gasteiger partial charge in [-0.3, -0.25) is 14.9 Å². The Morgan fingerprint density at radius 3 is 2.47 bits per heavy atom. The molecule has 9 heteroatoms. The van der Waals surface area contributed by atoms with Gasteiger partial charge in [-0.15, -0.1) is 0 Å². The Labute approximate surface area is 200 Å². The van der Waals surface area contributed by atoms with E-state index in [1.807, 2.05) is 30.3 Å². The van der Waals surface area contributed by atoms with Crippen molar-refractivity contribution in [3.05, 3.63) is 98.6 Å². The van der Waals surface area contributed by atoms with Crippen molar-refractivity contribution in [2.24, 2.45) is 5.10 Å². The fraction of sp³-hybridized carbons (Fsp3) is 0.120. The Morgan fingerprint density at radius 2 is 1.82 bits per heavy atom. The highest BCUT2D eigenvalue weighted by molar-refractivity contribution is 6.33. The molecular weight excluding hydrogens is 458 g/mol. The summed E-state index contributed by atoms with van der Waals surface area (Å²) in [5, 5.41) is 16.9. The fourth-order valence-corrected chi connectivity index (χ4v) is 3.70. The summed E-state index contributed by atoms with van der Waals surface area (Å²) in [6.45, 7) is 1.91. The third-order valence-corrected chi connectivity index (χ3v) is 5.44. The largest absolute Gasteiger partial charge is 0.493 e. The van der Waals surface area contributed by atoms with Crippen molar-refractivity contribution < 1.29 is 19.2 Å². The minimum absolute atomic E-state index is 0.00266. The normalized spacial score (nSPS) is 14.3. The van der Waals surface area contributed by atoms with E-state index in [-0.39, 0.29) is 18.2 Å². The van der Waals surface area contributed by atoms with Crippen LogP contribution in [0.3, 0.4) is 0 Å². The number of ether oxygens (including phenoxy) is 2. The molecule has 0 saturated carbocycles. The van der Waals surface area contributed by atoms with Gasteiger partial charge < -0.3 is 9.47 Å². The molecule has 0 atom stereocenters. The number of nitro groups is 1. The number of halogens is 1. The first-order chi connectivity index (χ1) is 16.4. The summed E-state index contributed by atoms with van der Waals surface area (Å²) in [7, 11) is 1.49.